The second kappa shape index (κ2) is 8.48. The maximum Gasteiger partial charge on any atom is 0.418 e. The molecule has 3 aliphatic rings. The van der Waals surface area contributed by atoms with Crippen molar-refractivity contribution >= 4 is 29.6 Å². The lowest BCUT2D eigenvalue weighted by Gasteiger charge is -2.23. The average Bonchev–Trinajstić information content (AvgIpc) is 3.19. The predicted molar refractivity (Wildman–Crippen MR) is 123 cm³/mol. The van der Waals surface area contributed by atoms with Gasteiger partial charge >= 0.3 is 12.1 Å². The van der Waals surface area contributed by atoms with Crippen LogP contribution >= 0.6 is 0 Å². The summed E-state index contributed by atoms with van der Waals surface area (Å²) >= 11 is 0. The minimum atomic E-state index is -1.41. The van der Waals surface area contributed by atoms with E-state index < -0.39 is 17.6 Å². The van der Waals surface area contributed by atoms with Gasteiger partial charge in [0.25, 0.3) is 5.91 Å². The molecule has 1 spiro atoms. The number of ether oxygens (including phenoxy) is 1. The topological polar surface area (TPSA) is 108 Å². The fourth-order valence-corrected chi connectivity index (χ4v) is 5.07. The predicted octanol–water partition coefficient (Wildman–Crippen LogP) is 2.53. The van der Waals surface area contributed by atoms with Crippen LogP contribution in [0.1, 0.15) is 35.1 Å². The lowest BCUT2D eigenvalue weighted by Crippen LogP contribution is -2.44. The van der Waals surface area contributed by atoms with E-state index in [4.69, 9.17) is 4.74 Å². The lowest BCUT2D eigenvalue weighted by atomic mass is 9.94. The molecule has 2 heterocycles. The number of fused-ring (bicyclic) bond motifs is 3. The summed E-state index contributed by atoms with van der Waals surface area (Å²) in [6.07, 6.45) is 1.74. The highest BCUT2D eigenvalue weighted by Crippen LogP contribution is 2.46. The van der Waals surface area contributed by atoms with Gasteiger partial charge in [-0.1, -0.05) is 30.3 Å². The molecule has 0 saturated carbocycles. The van der Waals surface area contributed by atoms with Crippen LogP contribution in [-0.2, 0) is 39.3 Å². The zero-order valence-corrected chi connectivity index (χ0v) is 18.9. The molecule has 2 aromatic rings. The summed E-state index contributed by atoms with van der Waals surface area (Å²) in [7, 11) is 1.52. The Kier molecular flexibility index (Phi) is 5.47. The highest BCUT2D eigenvalue weighted by atomic mass is 16.6. The third-order valence-electron chi connectivity index (χ3n) is 6.84. The Morgan fingerprint density at radius 3 is 2.65 bits per heavy atom. The zero-order chi connectivity index (χ0) is 23.9. The van der Waals surface area contributed by atoms with Gasteiger partial charge in [-0.05, 0) is 48.1 Å². The van der Waals surface area contributed by atoms with Crippen LogP contribution in [0.2, 0.25) is 0 Å². The first kappa shape index (κ1) is 21.9. The van der Waals surface area contributed by atoms with E-state index in [-0.39, 0.29) is 18.5 Å². The number of hydrogen-bond donors (Lipinski definition) is 2. The van der Waals surface area contributed by atoms with Crippen molar-refractivity contribution in [2.75, 3.05) is 25.5 Å². The summed E-state index contributed by atoms with van der Waals surface area (Å²) in [6, 6.07) is 12.8. The zero-order valence-electron chi connectivity index (χ0n) is 18.9. The van der Waals surface area contributed by atoms with Gasteiger partial charge in [-0.3, -0.25) is 9.59 Å². The van der Waals surface area contributed by atoms with Gasteiger partial charge in [0.15, 0.2) is 0 Å². The van der Waals surface area contributed by atoms with Gasteiger partial charge in [-0.15, -0.1) is 0 Å². The van der Waals surface area contributed by atoms with Crippen molar-refractivity contribution < 1.29 is 23.9 Å². The van der Waals surface area contributed by atoms with Crippen molar-refractivity contribution in [2.24, 2.45) is 0 Å². The van der Waals surface area contributed by atoms with Crippen molar-refractivity contribution in [3.05, 3.63) is 64.7 Å². The lowest BCUT2D eigenvalue weighted by molar-refractivity contribution is -0.142. The molecule has 0 aromatic heterocycles. The first-order valence-electron chi connectivity index (χ1n) is 11.4. The number of carbonyl (C=O) groups excluding carboxylic acids is 4. The molecule has 0 radical (unpaired) electrons. The van der Waals surface area contributed by atoms with Crippen molar-refractivity contribution in [3.63, 3.8) is 0 Å². The van der Waals surface area contributed by atoms with Crippen LogP contribution < -0.4 is 10.6 Å². The number of hydrogen-bond acceptors (Lipinski definition) is 5. The number of nitrogens with one attached hydrogen (secondary N) is 2. The first-order valence-corrected chi connectivity index (χ1v) is 11.4. The maximum atomic E-state index is 13.4. The smallest absolute Gasteiger partial charge is 0.418 e. The van der Waals surface area contributed by atoms with E-state index >= 15 is 0 Å². The van der Waals surface area contributed by atoms with Crippen molar-refractivity contribution in [2.45, 2.75) is 37.8 Å². The van der Waals surface area contributed by atoms with E-state index in [0.717, 1.165) is 28.9 Å². The molecule has 34 heavy (non-hydrogen) atoms. The fraction of sp³-hybridized carbons (Fsp3) is 0.360. The normalized spacial score (nSPS) is 21.1. The first-order chi connectivity index (χ1) is 16.4. The van der Waals surface area contributed by atoms with Gasteiger partial charge in [0.05, 0.1) is 0 Å². The molecule has 1 atom stereocenters. The van der Waals surface area contributed by atoms with Crippen LogP contribution in [-0.4, -0.2) is 53.9 Å². The summed E-state index contributed by atoms with van der Waals surface area (Å²) in [5.74, 6) is -0.783. The molecular formula is C25H26N4O5. The Morgan fingerprint density at radius 1 is 1.06 bits per heavy atom. The average molecular weight is 463 g/mol. The van der Waals surface area contributed by atoms with Crippen LogP contribution in [0.3, 0.4) is 0 Å². The van der Waals surface area contributed by atoms with Crippen molar-refractivity contribution in [1.29, 1.82) is 0 Å². The molecule has 5 rings (SSSR count). The standard InChI is InChI=1S/C25H26N4O5/c1-26-23(32)27-19-8-9-20-17(13-19)10-11-25(20)22(31)29(24(33)34-25)15-21(30)28-12-4-7-16-5-2-3-6-18(16)14-28/h2-3,5-6,8-9,13H,4,7,10-12,14-15H2,1H3,(H2,26,27,32). The summed E-state index contributed by atoms with van der Waals surface area (Å²) in [4.78, 5) is 53.5. The number of rotatable bonds is 3. The van der Waals surface area contributed by atoms with Crippen LogP contribution in [0.25, 0.3) is 0 Å². The largest absolute Gasteiger partial charge is 0.427 e. The molecule has 2 aliphatic heterocycles. The quantitative estimate of drug-likeness (QED) is 0.729. The molecule has 0 bridgehead atoms. The Hall–Kier alpha value is -3.88. The second-order valence-corrected chi connectivity index (χ2v) is 8.85. The molecule has 9 nitrogen and oxygen atoms in total. The number of imide groups is 1. The molecular weight excluding hydrogens is 436 g/mol. The van der Waals surface area contributed by atoms with Crippen LogP contribution in [0.15, 0.2) is 42.5 Å². The van der Waals surface area contributed by atoms with Gasteiger partial charge in [0, 0.05) is 37.8 Å². The molecule has 1 unspecified atom stereocenters. The van der Waals surface area contributed by atoms with Gasteiger partial charge < -0.3 is 20.3 Å². The fourth-order valence-electron chi connectivity index (χ4n) is 5.07. The third-order valence-corrected chi connectivity index (χ3v) is 6.84. The van der Waals surface area contributed by atoms with Crippen LogP contribution in [0, 0.1) is 0 Å². The molecule has 2 N–H and O–H groups in total. The summed E-state index contributed by atoms with van der Waals surface area (Å²) in [6.45, 7) is 0.689. The van der Waals surface area contributed by atoms with Gasteiger partial charge in [-0.2, -0.15) is 0 Å². The molecule has 1 fully saturated rings. The van der Waals surface area contributed by atoms with E-state index in [2.05, 4.69) is 16.7 Å². The second-order valence-electron chi connectivity index (χ2n) is 8.85. The molecule has 5 amide bonds. The number of nitrogens with zero attached hydrogens (tertiary/aromatic N) is 2. The summed E-state index contributed by atoms with van der Waals surface area (Å²) in [5.41, 5.74) is 2.91. The van der Waals surface area contributed by atoms with Crippen molar-refractivity contribution in [1.82, 2.24) is 15.1 Å². The van der Waals surface area contributed by atoms with E-state index in [0.29, 0.717) is 37.2 Å². The number of benzene rings is 2. The molecule has 1 aliphatic carbocycles. The Labute approximate surface area is 197 Å². The highest BCUT2D eigenvalue weighted by Gasteiger charge is 2.58. The van der Waals surface area contributed by atoms with Crippen LogP contribution in [0.4, 0.5) is 15.3 Å². The minimum Gasteiger partial charge on any atom is -0.427 e. The van der Waals surface area contributed by atoms with E-state index in [1.165, 1.54) is 12.6 Å². The third kappa shape index (κ3) is 3.67. The van der Waals surface area contributed by atoms with Gasteiger partial charge in [0.1, 0.15) is 6.54 Å². The van der Waals surface area contributed by atoms with E-state index in [9.17, 15) is 19.2 Å². The van der Waals surface area contributed by atoms with Gasteiger partial charge in [0.2, 0.25) is 11.5 Å². The van der Waals surface area contributed by atoms with Crippen molar-refractivity contribution in [3.8, 4) is 0 Å². The summed E-state index contributed by atoms with van der Waals surface area (Å²) < 4.78 is 5.64. The Bertz CT molecular complexity index is 1200. The molecule has 2 aromatic carbocycles. The van der Waals surface area contributed by atoms with E-state index in [1.54, 1.807) is 23.1 Å². The number of amides is 5. The number of aryl methyl sites for hydroxylation is 2. The summed E-state index contributed by atoms with van der Waals surface area (Å²) in [5, 5.41) is 5.19. The van der Waals surface area contributed by atoms with E-state index in [1.807, 2.05) is 18.2 Å². The highest BCUT2D eigenvalue weighted by molar-refractivity contribution is 6.06. The number of anilines is 1. The minimum absolute atomic E-state index is 0.276. The molecule has 9 heteroatoms. The van der Waals surface area contributed by atoms with Gasteiger partial charge in [-0.25, -0.2) is 14.5 Å². The number of carbonyl (C=O) groups is 4. The molecule has 1 saturated heterocycles. The van der Waals surface area contributed by atoms with Crippen LogP contribution in [0.5, 0.6) is 0 Å². The number of urea groups is 1. The maximum absolute atomic E-state index is 13.4. The Balaban J connectivity index is 1.33. The SMILES string of the molecule is CNC(=O)Nc1ccc2c(c1)CCC21OC(=O)N(CC(=O)N2CCCc3ccccc3C2)C1=O. The Morgan fingerprint density at radius 2 is 1.85 bits per heavy atom. The molecule has 176 valence electrons. The monoisotopic (exact) mass is 462 g/mol.